The zero-order valence-corrected chi connectivity index (χ0v) is 10.7. The van der Waals surface area contributed by atoms with E-state index >= 15 is 0 Å². The van der Waals surface area contributed by atoms with Gasteiger partial charge in [-0.25, -0.2) is 4.98 Å². The third-order valence-electron chi connectivity index (χ3n) is 1.61. The highest BCUT2D eigenvalue weighted by Gasteiger charge is 2.15. The van der Waals surface area contributed by atoms with Crippen molar-refractivity contribution in [1.29, 1.82) is 0 Å². The highest BCUT2D eigenvalue weighted by atomic mass is 32.2. The summed E-state index contributed by atoms with van der Waals surface area (Å²) in [7, 11) is 0. The van der Waals surface area contributed by atoms with Crippen molar-refractivity contribution in [3.8, 4) is 5.88 Å². The molecule has 4 nitrogen and oxygen atoms in total. The summed E-state index contributed by atoms with van der Waals surface area (Å²) in [5.74, 6) is 1.07. The molecule has 0 spiro atoms. The monoisotopic (exact) mass is 242 g/mol. The summed E-state index contributed by atoms with van der Waals surface area (Å²) in [5, 5.41) is 9.54. The normalized spacial score (nSPS) is 11.5. The summed E-state index contributed by atoms with van der Waals surface area (Å²) in [6.07, 6.45) is 0. The zero-order chi connectivity index (χ0) is 12.2. The predicted octanol–water partition coefficient (Wildman–Crippen LogP) is 1.93. The first-order valence-corrected chi connectivity index (χ1v) is 6.10. The number of pyridine rings is 1. The van der Waals surface area contributed by atoms with E-state index in [-0.39, 0.29) is 12.2 Å². The third-order valence-corrected chi connectivity index (χ3v) is 2.52. The molecule has 0 radical (unpaired) electrons. The van der Waals surface area contributed by atoms with Gasteiger partial charge in [0.2, 0.25) is 5.88 Å². The molecule has 0 aliphatic carbocycles. The van der Waals surface area contributed by atoms with E-state index in [1.54, 1.807) is 6.07 Å². The van der Waals surface area contributed by atoms with Crippen LogP contribution in [-0.2, 0) is 0 Å². The lowest BCUT2D eigenvalue weighted by Gasteiger charge is -2.21. The van der Waals surface area contributed by atoms with Crippen LogP contribution >= 0.6 is 11.8 Å². The van der Waals surface area contributed by atoms with Crippen LogP contribution in [0, 0.1) is 0 Å². The average Bonchev–Trinajstić information content (AvgIpc) is 2.17. The van der Waals surface area contributed by atoms with Crippen LogP contribution in [0.2, 0.25) is 0 Å². The lowest BCUT2D eigenvalue weighted by Crippen LogP contribution is -2.24. The number of aromatic nitrogens is 1. The molecule has 16 heavy (non-hydrogen) atoms. The van der Waals surface area contributed by atoms with Gasteiger partial charge in [-0.2, -0.15) is 0 Å². The van der Waals surface area contributed by atoms with Crippen molar-refractivity contribution in [2.45, 2.75) is 31.4 Å². The third kappa shape index (κ3) is 4.28. The van der Waals surface area contributed by atoms with E-state index in [4.69, 9.17) is 15.6 Å². The number of nitrogens with zero attached hydrogens (tertiary/aromatic N) is 1. The minimum absolute atomic E-state index is 0.131. The molecule has 0 fully saturated rings. The highest BCUT2D eigenvalue weighted by Crippen LogP contribution is 2.26. The molecule has 1 aromatic rings. The van der Waals surface area contributed by atoms with Crippen molar-refractivity contribution in [3.63, 3.8) is 0 Å². The van der Waals surface area contributed by atoms with Crippen molar-refractivity contribution in [1.82, 2.24) is 4.98 Å². The Morgan fingerprint density at radius 3 is 2.69 bits per heavy atom. The van der Waals surface area contributed by atoms with E-state index < -0.39 is 0 Å². The summed E-state index contributed by atoms with van der Waals surface area (Å²) in [6, 6.07) is 3.60. The second-order valence-electron chi connectivity index (χ2n) is 4.33. The van der Waals surface area contributed by atoms with Crippen LogP contribution in [-0.4, -0.2) is 28.1 Å². The summed E-state index contributed by atoms with van der Waals surface area (Å²) >= 11 is 1.47. The number of aliphatic hydroxyl groups excluding tert-OH is 1. The fourth-order valence-corrected chi connectivity index (χ4v) is 1.65. The highest BCUT2D eigenvalue weighted by molar-refractivity contribution is 7.99. The molecule has 0 unspecified atom stereocenters. The summed E-state index contributed by atoms with van der Waals surface area (Å²) in [5.41, 5.74) is 5.99. The average molecular weight is 242 g/mol. The van der Waals surface area contributed by atoms with Crippen LogP contribution in [0.15, 0.2) is 17.2 Å². The van der Waals surface area contributed by atoms with Crippen molar-refractivity contribution in [2.24, 2.45) is 0 Å². The van der Waals surface area contributed by atoms with Gasteiger partial charge in [-0.1, -0.05) is 0 Å². The Morgan fingerprint density at radius 1 is 1.44 bits per heavy atom. The fourth-order valence-electron chi connectivity index (χ4n) is 1.04. The molecule has 90 valence electrons. The maximum absolute atomic E-state index is 8.73. The number of hydrogen-bond acceptors (Lipinski definition) is 5. The quantitative estimate of drug-likeness (QED) is 0.790. The summed E-state index contributed by atoms with van der Waals surface area (Å²) in [4.78, 5) is 4.30. The summed E-state index contributed by atoms with van der Waals surface area (Å²) < 4.78 is 5.64. The molecule has 1 aromatic heterocycles. The van der Waals surface area contributed by atoms with Crippen molar-refractivity contribution >= 4 is 17.4 Å². The Balaban J connectivity index is 2.82. The molecule has 5 heteroatoms. The van der Waals surface area contributed by atoms with Crippen LogP contribution < -0.4 is 10.5 Å². The molecule has 0 bridgehead atoms. The number of thioether (sulfide) groups is 1. The molecular formula is C11H18N2O2S. The smallest absolute Gasteiger partial charge is 0.238 e. The van der Waals surface area contributed by atoms with Gasteiger partial charge in [0.25, 0.3) is 0 Å². The van der Waals surface area contributed by atoms with Gasteiger partial charge < -0.3 is 15.6 Å². The topological polar surface area (TPSA) is 68.4 Å². The minimum atomic E-state index is -0.318. The van der Waals surface area contributed by atoms with Crippen molar-refractivity contribution in [2.75, 3.05) is 18.1 Å². The molecule has 0 aromatic carbocycles. The number of aliphatic hydroxyl groups is 1. The van der Waals surface area contributed by atoms with Gasteiger partial charge in [-0.15, -0.1) is 11.8 Å². The van der Waals surface area contributed by atoms with Gasteiger partial charge in [0.05, 0.1) is 12.3 Å². The molecule has 1 heterocycles. The fraction of sp³-hybridized carbons (Fsp3) is 0.545. The Bertz CT molecular complexity index is 350. The van der Waals surface area contributed by atoms with E-state index in [9.17, 15) is 0 Å². The van der Waals surface area contributed by atoms with Crippen LogP contribution in [0.4, 0.5) is 5.69 Å². The Morgan fingerprint density at radius 2 is 2.12 bits per heavy atom. The molecule has 0 amide bonds. The number of anilines is 1. The number of nitrogens with two attached hydrogens (primary N) is 1. The second kappa shape index (κ2) is 5.41. The van der Waals surface area contributed by atoms with Crippen molar-refractivity contribution < 1.29 is 9.84 Å². The molecule has 1 rings (SSSR count). The first kappa shape index (κ1) is 13.1. The van der Waals surface area contributed by atoms with E-state index in [1.807, 2.05) is 26.8 Å². The maximum Gasteiger partial charge on any atom is 0.238 e. The predicted molar refractivity (Wildman–Crippen MR) is 66.8 cm³/mol. The van der Waals surface area contributed by atoms with Crippen molar-refractivity contribution in [3.05, 3.63) is 12.1 Å². The number of ether oxygens (including phenoxy) is 1. The first-order valence-electron chi connectivity index (χ1n) is 5.11. The minimum Gasteiger partial charge on any atom is -0.470 e. The van der Waals surface area contributed by atoms with Gasteiger partial charge in [0.1, 0.15) is 10.6 Å². The zero-order valence-electron chi connectivity index (χ0n) is 9.86. The Hall–Kier alpha value is -0.940. The van der Waals surface area contributed by atoms with E-state index in [2.05, 4.69) is 4.98 Å². The van der Waals surface area contributed by atoms with Crippen LogP contribution in [0.25, 0.3) is 0 Å². The van der Waals surface area contributed by atoms with Crippen LogP contribution in [0.1, 0.15) is 20.8 Å². The standard InChI is InChI=1S/C11H18N2O2S/c1-11(2,3)15-10-8(12)4-5-9(13-10)16-7-6-14/h4-5,14H,6-7,12H2,1-3H3. The molecule has 0 aliphatic rings. The van der Waals surface area contributed by atoms with E-state index in [0.29, 0.717) is 17.3 Å². The SMILES string of the molecule is CC(C)(C)Oc1nc(SCCO)ccc1N. The van der Waals surface area contributed by atoms with Gasteiger partial charge in [-0.3, -0.25) is 0 Å². The summed E-state index contributed by atoms with van der Waals surface area (Å²) in [6.45, 7) is 5.97. The molecule has 0 saturated carbocycles. The van der Waals surface area contributed by atoms with Gasteiger partial charge in [0, 0.05) is 5.75 Å². The van der Waals surface area contributed by atoms with Gasteiger partial charge in [0.15, 0.2) is 0 Å². The van der Waals surface area contributed by atoms with Gasteiger partial charge >= 0.3 is 0 Å². The van der Waals surface area contributed by atoms with E-state index in [0.717, 1.165) is 5.03 Å². The number of rotatable bonds is 4. The van der Waals surface area contributed by atoms with E-state index in [1.165, 1.54) is 11.8 Å². The molecular weight excluding hydrogens is 224 g/mol. The molecule has 0 aliphatic heterocycles. The number of nitrogen functional groups attached to an aromatic ring is 1. The lowest BCUT2D eigenvalue weighted by atomic mass is 10.2. The maximum atomic E-state index is 8.73. The molecule has 0 saturated heterocycles. The van der Waals surface area contributed by atoms with Crippen LogP contribution in [0.3, 0.4) is 0 Å². The molecule has 0 atom stereocenters. The Kier molecular flexibility index (Phi) is 4.44. The van der Waals surface area contributed by atoms with Crippen LogP contribution in [0.5, 0.6) is 5.88 Å². The number of hydrogen-bond donors (Lipinski definition) is 2. The first-order chi connectivity index (χ1) is 7.42. The molecule has 3 N–H and O–H groups in total. The Labute approximate surface area is 100 Å². The largest absolute Gasteiger partial charge is 0.470 e. The lowest BCUT2D eigenvalue weighted by molar-refractivity contribution is 0.124. The second-order valence-corrected chi connectivity index (χ2v) is 5.45. The van der Waals surface area contributed by atoms with Gasteiger partial charge in [-0.05, 0) is 32.9 Å².